The maximum atomic E-state index is 12.0. The van der Waals surface area contributed by atoms with Crippen molar-refractivity contribution in [3.63, 3.8) is 0 Å². The average Bonchev–Trinajstić information content (AvgIpc) is 2.63. The Morgan fingerprint density at radius 1 is 0.733 bits per heavy atom. The maximum Gasteiger partial charge on any atom is 0.306 e. The highest BCUT2D eigenvalue weighted by Crippen LogP contribution is 2.14. The van der Waals surface area contributed by atoms with Crippen LogP contribution in [-0.4, -0.2) is 50.2 Å². The number of nitrogens with zero attached hydrogens (tertiary/aromatic N) is 1. The van der Waals surface area contributed by atoms with E-state index in [1.807, 2.05) is 21.1 Å². The normalized spacial score (nSPS) is 12.7. The molecule has 0 aromatic heterocycles. The molecule has 0 amide bonds. The SMILES string of the molecule is CCCCCCCCCCCCCCCCCC(=O)O[C@@H](CC(=O)[O-])C[N+](C)(C)C. The molecule has 0 aromatic carbocycles. The van der Waals surface area contributed by atoms with Gasteiger partial charge in [-0.05, 0) is 6.42 Å². The summed E-state index contributed by atoms with van der Waals surface area (Å²) in [5.74, 6) is -1.46. The molecule has 30 heavy (non-hydrogen) atoms. The number of rotatable bonds is 21. The van der Waals surface area contributed by atoms with Crippen LogP contribution in [0.1, 0.15) is 116 Å². The van der Waals surface area contributed by atoms with E-state index in [-0.39, 0.29) is 12.4 Å². The van der Waals surface area contributed by atoms with E-state index in [0.29, 0.717) is 17.4 Å². The van der Waals surface area contributed by atoms with Crippen molar-refractivity contribution >= 4 is 11.9 Å². The van der Waals surface area contributed by atoms with E-state index in [9.17, 15) is 14.7 Å². The van der Waals surface area contributed by atoms with E-state index in [4.69, 9.17) is 4.74 Å². The van der Waals surface area contributed by atoms with Crippen LogP contribution in [0, 0.1) is 0 Å². The second-order valence-corrected chi connectivity index (χ2v) is 9.86. The predicted molar refractivity (Wildman–Crippen MR) is 122 cm³/mol. The number of unbranched alkanes of at least 4 members (excludes halogenated alkanes) is 14. The van der Waals surface area contributed by atoms with Gasteiger partial charge >= 0.3 is 5.97 Å². The summed E-state index contributed by atoms with van der Waals surface area (Å²) in [5, 5.41) is 10.9. The summed E-state index contributed by atoms with van der Waals surface area (Å²) in [6, 6.07) is 0. The Kier molecular flexibility index (Phi) is 18.0. The fourth-order valence-electron chi connectivity index (χ4n) is 3.83. The minimum Gasteiger partial charge on any atom is -0.550 e. The Balaban J connectivity index is 3.56. The summed E-state index contributed by atoms with van der Waals surface area (Å²) in [6.07, 6.45) is 18.9. The van der Waals surface area contributed by atoms with E-state index >= 15 is 0 Å². The fourth-order valence-corrected chi connectivity index (χ4v) is 3.83. The van der Waals surface area contributed by atoms with Crippen molar-refractivity contribution in [2.24, 2.45) is 0 Å². The molecule has 0 spiro atoms. The van der Waals surface area contributed by atoms with Crippen molar-refractivity contribution in [1.29, 1.82) is 0 Å². The number of hydrogen-bond donors (Lipinski definition) is 0. The van der Waals surface area contributed by atoms with Crippen molar-refractivity contribution in [2.75, 3.05) is 27.7 Å². The van der Waals surface area contributed by atoms with Gasteiger partial charge in [-0.15, -0.1) is 0 Å². The number of aliphatic carboxylic acids is 1. The Labute approximate surface area is 186 Å². The van der Waals surface area contributed by atoms with Gasteiger partial charge in [0, 0.05) is 18.8 Å². The Morgan fingerprint density at radius 3 is 1.50 bits per heavy atom. The molecule has 0 aliphatic carbocycles. The molecule has 0 saturated carbocycles. The number of quaternary nitrogens is 1. The molecular formula is C25H49NO4. The van der Waals surface area contributed by atoms with Crippen molar-refractivity contribution in [1.82, 2.24) is 0 Å². The second kappa shape index (κ2) is 18.7. The minimum absolute atomic E-state index is 0.236. The molecule has 0 N–H and O–H groups in total. The van der Waals surface area contributed by atoms with Gasteiger partial charge in [0.1, 0.15) is 6.54 Å². The van der Waals surface area contributed by atoms with Gasteiger partial charge in [0.05, 0.1) is 21.1 Å². The number of carboxylic acids is 1. The van der Waals surface area contributed by atoms with E-state index in [2.05, 4.69) is 6.92 Å². The van der Waals surface area contributed by atoms with Crippen LogP contribution in [0.3, 0.4) is 0 Å². The first-order chi connectivity index (χ1) is 14.2. The van der Waals surface area contributed by atoms with Gasteiger partial charge in [-0.1, -0.05) is 96.8 Å². The molecule has 0 aliphatic rings. The Morgan fingerprint density at radius 2 is 1.13 bits per heavy atom. The molecule has 0 bridgehead atoms. The van der Waals surface area contributed by atoms with E-state index in [0.717, 1.165) is 19.3 Å². The second-order valence-electron chi connectivity index (χ2n) is 9.86. The van der Waals surface area contributed by atoms with E-state index in [1.165, 1.54) is 77.0 Å². The van der Waals surface area contributed by atoms with Crippen molar-refractivity contribution in [3.8, 4) is 0 Å². The first-order valence-electron chi connectivity index (χ1n) is 12.4. The number of likely N-dealkylation sites (N-methyl/N-ethyl adjacent to an activating group) is 1. The standard InChI is InChI=1S/C25H49NO4/c1-5-6-7-8-9-10-11-12-13-14-15-16-17-18-19-20-25(29)30-23(21-24(27)28)22-26(2,3)4/h23H,5-22H2,1-4H3/t23-/m0/s1. The molecule has 0 radical (unpaired) electrons. The zero-order valence-electron chi connectivity index (χ0n) is 20.4. The number of esters is 1. The third kappa shape index (κ3) is 21.6. The molecule has 0 rings (SSSR count). The van der Waals surface area contributed by atoms with Gasteiger partial charge in [-0.2, -0.15) is 0 Å². The molecule has 0 fully saturated rings. The zero-order valence-corrected chi connectivity index (χ0v) is 20.4. The summed E-state index contributed by atoms with van der Waals surface area (Å²) in [7, 11) is 5.85. The molecule has 5 heteroatoms. The van der Waals surface area contributed by atoms with Gasteiger partial charge in [-0.25, -0.2) is 0 Å². The van der Waals surface area contributed by atoms with E-state index in [1.54, 1.807) is 0 Å². The quantitative estimate of drug-likeness (QED) is 0.147. The highest BCUT2D eigenvalue weighted by atomic mass is 16.5. The summed E-state index contributed by atoms with van der Waals surface area (Å²) in [4.78, 5) is 22.9. The molecule has 0 aliphatic heterocycles. The molecule has 0 unspecified atom stereocenters. The molecule has 5 nitrogen and oxygen atoms in total. The maximum absolute atomic E-state index is 12.0. The highest BCUT2D eigenvalue weighted by Gasteiger charge is 2.22. The highest BCUT2D eigenvalue weighted by molar-refractivity contribution is 5.70. The lowest BCUT2D eigenvalue weighted by atomic mass is 10.0. The minimum atomic E-state index is -1.17. The van der Waals surface area contributed by atoms with Crippen LogP contribution in [0.4, 0.5) is 0 Å². The summed E-state index contributed by atoms with van der Waals surface area (Å²) >= 11 is 0. The van der Waals surface area contributed by atoms with Gasteiger partial charge < -0.3 is 19.1 Å². The molecule has 178 valence electrons. The van der Waals surface area contributed by atoms with E-state index < -0.39 is 12.1 Å². The van der Waals surface area contributed by atoms with Crippen LogP contribution in [0.15, 0.2) is 0 Å². The lowest BCUT2D eigenvalue weighted by Crippen LogP contribution is -2.45. The largest absolute Gasteiger partial charge is 0.550 e. The lowest BCUT2D eigenvalue weighted by molar-refractivity contribution is -0.873. The van der Waals surface area contributed by atoms with Crippen LogP contribution in [0.25, 0.3) is 0 Å². The molecule has 0 saturated heterocycles. The Bertz CT molecular complexity index is 431. The smallest absolute Gasteiger partial charge is 0.306 e. The number of ether oxygens (including phenoxy) is 1. The van der Waals surface area contributed by atoms with Gasteiger partial charge in [-0.3, -0.25) is 4.79 Å². The molecular weight excluding hydrogens is 378 g/mol. The van der Waals surface area contributed by atoms with Crippen LogP contribution >= 0.6 is 0 Å². The van der Waals surface area contributed by atoms with Gasteiger partial charge in [0.25, 0.3) is 0 Å². The average molecular weight is 428 g/mol. The van der Waals surface area contributed by atoms with Crippen molar-refractivity contribution < 1.29 is 23.9 Å². The van der Waals surface area contributed by atoms with Crippen molar-refractivity contribution in [3.05, 3.63) is 0 Å². The monoisotopic (exact) mass is 427 g/mol. The van der Waals surface area contributed by atoms with Crippen LogP contribution in [-0.2, 0) is 14.3 Å². The third-order valence-electron chi connectivity index (χ3n) is 5.43. The molecule has 0 heterocycles. The summed E-state index contributed by atoms with van der Waals surface area (Å²) in [5.41, 5.74) is 0. The first-order valence-corrected chi connectivity index (χ1v) is 12.4. The number of carbonyl (C=O) groups is 2. The van der Waals surface area contributed by atoms with Gasteiger partial charge in [0.2, 0.25) is 0 Å². The Hall–Kier alpha value is -1.10. The number of carboxylic acid groups (broad SMARTS) is 1. The zero-order chi connectivity index (χ0) is 22.7. The first kappa shape index (κ1) is 28.9. The van der Waals surface area contributed by atoms with Gasteiger partial charge in [0.15, 0.2) is 6.10 Å². The summed E-state index contributed by atoms with van der Waals surface area (Å²) < 4.78 is 5.93. The van der Waals surface area contributed by atoms with Crippen LogP contribution < -0.4 is 5.11 Å². The lowest BCUT2D eigenvalue weighted by Gasteiger charge is -2.29. The predicted octanol–water partition coefficient (Wildman–Crippen LogP) is 5.01. The number of carbonyl (C=O) groups excluding carboxylic acids is 2. The van der Waals surface area contributed by atoms with Crippen LogP contribution in [0.2, 0.25) is 0 Å². The van der Waals surface area contributed by atoms with Crippen LogP contribution in [0.5, 0.6) is 0 Å². The number of hydrogen-bond acceptors (Lipinski definition) is 4. The fraction of sp³-hybridized carbons (Fsp3) is 0.920. The molecule has 0 aromatic rings. The topological polar surface area (TPSA) is 66.4 Å². The summed E-state index contributed by atoms with van der Waals surface area (Å²) in [6.45, 7) is 2.73. The third-order valence-corrected chi connectivity index (χ3v) is 5.43. The molecule has 1 atom stereocenters. The van der Waals surface area contributed by atoms with Crippen molar-refractivity contribution in [2.45, 2.75) is 122 Å².